The Hall–Kier alpha value is -0.330. The van der Waals surface area contributed by atoms with E-state index in [4.69, 9.17) is 0 Å². The summed E-state index contributed by atoms with van der Waals surface area (Å²) in [5.41, 5.74) is 1.73. The lowest BCUT2D eigenvalue weighted by Gasteiger charge is -2.17. The topological polar surface area (TPSA) is 12.4 Å². The maximum absolute atomic E-state index is 4.42. The van der Waals surface area contributed by atoms with Gasteiger partial charge in [-0.25, -0.2) is 0 Å². The average molecular weight is 125 g/mol. The molecule has 0 unspecified atom stereocenters. The number of aliphatic imine (C=N–C) groups is 1. The van der Waals surface area contributed by atoms with Crippen molar-refractivity contribution in [2.24, 2.45) is 10.4 Å². The standard InChI is InChI=1S/C8H15N/c1-8(2,3)7-5-4-6-9-7/h4-6H2,1-3H3. The van der Waals surface area contributed by atoms with Crippen LogP contribution in [0.4, 0.5) is 0 Å². The Morgan fingerprint density at radius 2 is 2.00 bits per heavy atom. The predicted octanol–water partition coefficient (Wildman–Crippen LogP) is 2.27. The Morgan fingerprint density at radius 3 is 2.22 bits per heavy atom. The first-order chi connectivity index (χ1) is 4.11. The van der Waals surface area contributed by atoms with E-state index in [1.165, 1.54) is 18.6 Å². The zero-order valence-corrected chi connectivity index (χ0v) is 6.57. The molecule has 1 heterocycles. The number of rotatable bonds is 0. The van der Waals surface area contributed by atoms with Crippen molar-refractivity contribution in [3.63, 3.8) is 0 Å². The molecule has 52 valence electrons. The molecule has 1 rings (SSSR count). The summed E-state index contributed by atoms with van der Waals surface area (Å²) in [5, 5.41) is 0. The van der Waals surface area contributed by atoms with E-state index in [2.05, 4.69) is 25.8 Å². The Bertz CT molecular complexity index is 128. The third kappa shape index (κ3) is 1.54. The lowest BCUT2D eigenvalue weighted by Crippen LogP contribution is -2.17. The molecule has 0 aromatic heterocycles. The first-order valence-electron chi connectivity index (χ1n) is 3.64. The monoisotopic (exact) mass is 125 g/mol. The van der Waals surface area contributed by atoms with Crippen LogP contribution in [0.1, 0.15) is 33.6 Å². The first kappa shape index (κ1) is 6.79. The molecule has 0 atom stereocenters. The molecule has 0 saturated carbocycles. The highest BCUT2D eigenvalue weighted by Crippen LogP contribution is 2.22. The average Bonchev–Trinajstić information content (AvgIpc) is 2.08. The zero-order chi connectivity index (χ0) is 6.91. The summed E-state index contributed by atoms with van der Waals surface area (Å²) in [5.74, 6) is 0. The normalized spacial score (nSPS) is 20.1. The Morgan fingerprint density at radius 1 is 1.33 bits per heavy atom. The molecule has 0 N–H and O–H groups in total. The van der Waals surface area contributed by atoms with Gasteiger partial charge in [0.2, 0.25) is 0 Å². The van der Waals surface area contributed by atoms with Crippen LogP contribution in [-0.2, 0) is 0 Å². The Labute approximate surface area is 57.2 Å². The Balaban J connectivity index is 2.61. The second-order valence-corrected chi connectivity index (χ2v) is 3.68. The molecule has 1 nitrogen and oxygen atoms in total. The van der Waals surface area contributed by atoms with Crippen LogP contribution < -0.4 is 0 Å². The minimum Gasteiger partial charge on any atom is -0.294 e. The smallest absolute Gasteiger partial charge is 0.0392 e. The van der Waals surface area contributed by atoms with Gasteiger partial charge in [-0.2, -0.15) is 0 Å². The molecular weight excluding hydrogens is 110 g/mol. The molecule has 0 fully saturated rings. The van der Waals surface area contributed by atoms with Crippen LogP contribution in [0.2, 0.25) is 0 Å². The van der Waals surface area contributed by atoms with Crippen molar-refractivity contribution in [3.05, 3.63) is 0 Å². The van der Waals surface area contributed by atoms with Crippen molar-refractivity contribution in [1.29, 1.82) is 0 Å². The molecule has 0 amide bonds. The highest BCUT2D eigenvalue weighted by molar-refractivity contribution is 5.90. The fraction of sp³-hybridized carbons (Fsp3) is 0.875. The van der Waals surface area contributed by atoms with Crippen LogP contribution in [0.3, 0.4) is 0 Å². The molecule has 1 aliphatic heterocycles. The summed E-state index contributed by atoms with van der Waals surface area (Å²) >= 11 is 0. The van der Waals surface area contributed by atoms with Crippen molar-refractivity contribution in [1.82, 2.24) is 0 Å². The fourth-order valence-electron chi connectivity index (χ4n) is 1.15. The van der Waals surface area contributed by atoms with Gasteiger partial charge in [0.1, 0.15) is 0 Å². The molecule has 0 saturated heterocycles. The summed E-state index contributed by atoms with van der Waals surface area (Å²) in [4.78, 5) is 4.42. The number of hydrogen-bond acceptors (Lipinski definition) is 1. The molecule has 1 aliphatic rings. The minimum absolute atomic E-state index is 0.330. The maximum atomic E-state index is 4.42. The second-order valence-electron chi connectivity index (χ2n) is 3.68. The van der Waals surface area contributed by atoms with Gasteiger partial charge in [0.25, 0.3) is 0 Å². The highest BCUT2D eigenvalue weighted by atomic mass is 14.8. The molecule has 1 heteroatoms. The molecule has 0 aromatic carbocycles. The van der Waals surface area contributed by atoms with Gasteiger partial charge < -0.3 is 0 Å². The highest BCUT2D eigenvalue weighted by Gasteiger charge is 2.20. The lowest BCUT2D eigenvalue weighted by atomic mass is 9.88. The summed E-state index contributed by atoms with van der Waals surface area (Å²) in [7, 11) is 0. The van der Waals surface area contributed by atoms with E-state index in [1.54, 1.807) is 0 Å². The van der Waals surface area contributed by atoms with Crippen LogP contribution in [0, 0.1) is 5.41 Å². The molecular formula is C8H15N. The number of nitrogens with zero attached hydrogens (tertiary/aromatic N) is 1. The lowest BCUT2D eigenvalue weighted by molar-refractivity contribution is 0.583. The molecule has 0 aliphatic carbocycles. The van der Waals surface area contributed by atoms with Gasteiger partial charge in [-0.1, -0.05) is 20.8 Å². The van der Waals surface area contributed by atoms with Crippen LogP contribution in [-0.4, -0.2) is 12.3 Å². The van der Waals surface area contributed by atoms with Crippen molar-refractivity contribution in [2.75, 3.05) is 6.54 Å². The number of hydrogen-bond donors (Lipinski definition) is 0. The molecule has 0 radical (unpaired) electrons. The van der Waals surface area contributed by atoms with Gasteiger partial charge in [-0.05, 0) is 18.3 Å². The second kappa shape index (κ2) is 2.13. The molecule has 0 aromatic rings. The van der Waals surface area contributed by atoms with Crippen molar-refractivity contribution >= 4 is 5.71 Å². The van der Waals surface area contributed by atoms with Gasteiger partial charge in [-0.3, -0.25) is 4.99 Å². The third-order valence-corrected chi connectivity index (χ3v) is 1.74. The van der Waals surface area contributed by atoms with Crippen LogP contribution >= 0.6 is 0 Å². The van der Waals surface area contributed by atoms with E-state index < -0.39 is 0 Å². The van der Waals surface area contributed by atoms with E-state index >= 15 is 0 Å². The van der Waals surface area contributed by atoms with Gasteiger partial charge in [0, 0.05) is 12.3 Å². The third-order valence-electron chi connectivity index (χ3n) is 1.74. The van der Waals surface area contributed by atoms with E-state index in [1.807, 2.05) is 0 Å². The molecule has 9 heavy (non-hydrogen) atoms. The summed E-state index contributed by atoms with van der Waals surface area (Å²) in [6.45, 7) is 7.76. The van der Waals surface area contributed by atoms with E-state index in [0.29, 0.717) is 5.41 Å². The van der Waals surface area contributed by atoms with E-state index in [-0.39, 0.29) is 0 Å². The Kier molecular flexibility index (Phi) is 1.60. The van der Waals surface area contributed by atoms with E-state index in [9.17, 15) is 0 Å². The summed E-state index contributed by atoms with van der Waals surface area (Å²) in [6, 6.07) is 0. The minimum atomic E-state index is 0.330. The van der Waals surface area contributed by atoms with Crippen LogP contribution in [0.15, 0.2) is 4.99 Å². The largest absolute Gasteiger partial charge is 0.294 e. The van der Waals surface area contributed by atoms with Gasteiger partial charge >= 0.3 is 0 Å². The summed E-state index contributed by atoms with van der Waals surface area (Å²) in [6.07, 6.45) is 2.50. The quantitative estimate of drug-likeness (QED) is 0.471. The SMILES string of the molecule is CC(C)(C)C1=NCCC1. The van der Waals surface area contributed by atoms with Crippen LogP contribution in [0.5, 0.6) is 0 Å². The summed E-state index contributed by atoms with van der Waals surface area (Å²) < 4.78 is 0. The first-order valence-corrected chi connectivity index (χ1v) is 3.64. The molecule has 0 spiro atoms. The fourth-order valence-corrected chi connectivity index (χ4v) is 1.15. The molecule has 0 bridgehead atoms. The van der Waals surface area contributed by atoms with Crippen LogP contribution in [0.25, 0.3) is 0 Å². The predicted molar refractivity (Wildman–Crippen MR) is 41.0 cm³/mol. The van der Waals surface area contributed by atoms with Crippen molar-refractivity contribution in [3.8, 4) is 0 Å². The van der Waals surface area contributed by atoms with Gasteiger partial charge in [0.05, 0.1) is 0 Å². The van der Waals surface area contributed by atoms with Crippen molar-refractivity contribution < 1.29 is 0 Å². The van der Waals surface area contributed by atoms with Crippen molar-refractivity contribution in [2.45, 2.75) is 33.6 Å². The van der Waals surface area contributed by atoms with Gasteiger partial charge in [-0.15, -0.1) is 0 Å². The maximum Gasteiger partial charge on any atom is 0.0392 e. The van der Waals surface area contributed by atoms with E-state index in [0.717, 1.165) is 6.54 Å². The van der Waals surface area contributed by atoms with Gasteiger partial charge in [0.15, 0.2) is 0 Å². The zero-order valence-electron chi connectivity index (χ0n) is 6.57.